The highest BCUT2D eigenvalue weighted by Gasteiger charge is 2.23. The normalized spacial score (nSPS) is 11.5. The number of carbonyl (C=O) groups excluding carboxylic acids is 1. The maximum atomic E-state index is 12.4. The second-order valence-corrected chi connectivity index (χ2v) is 6.53. The van der Waals surface area contributed by atoms with Crippen LogP contribution in [0.5, 0.6) is 0 Å². The Bertz CT molecular complexity index is 646. The lowest BCUT2D eigenvalue weighted by Crippen LogP contribution is -2.37. The molecule has 0 aliphatic rings. The molecule has 2 aromatic rings. The number of amides is 1. The zero-order valence-corrected chi connectivity index (χ0v) is 14.5. The highest BCUT2D eigenvalue weighted by Crippen LogP contribution is 2.19. The number of nitrogens with zero attached hydrogens (tertiary/aromatic N) is 3. The third-order valence-corrected chi connectivity index (χ3v) is 3.98. The standard InChI is InChI=1S/C18H26N4O/c1-5-6-11-22-12-15(14(2)21-22)17(23)20-13-18(3,4)16-9-7-8-10-19-16/h7-10,12H,5-6,11,13H2,1-4H3,(H,20,23). The topological polar surface area (TPSA) is 59.8 Å². The summed E-state index contributed by atoms with van der Waals surface area (Å²) in [5, 5.41) is 7.43. The van der Waals surface area contributed by atoms with Crippen LogP contribution in [0.25, 0.3) is 0 Å². The monoisotopic (exact) mass is 314 g/mol. The van der Waals surface area contributed by atoms with Gasteiger partial charge in [-0.1, -0.05) is 33.3 Å². The van der Waals surface area contributed by atoms with Crippen LogP contribution in [-0.2, 0) is 12.0 Å². The molecule has 2 heterocycles. The number of carbonyl (C=O) groups is 1. The van der Waals surface area contributed by atoms with Gasteiger partial charge in [-0.05, 0) is 25.5 Å². The van der Waals surface area contributed by atoms with Crippen LogP contribution in [-0.4, -0.2) is 27.2 Å². The Balaban J connectivity index is 2.01. The third-order valence-electron chi connectivity index (χ3n) is 3.98. The molecule has 1 amide bonds. The molecule has 0 unspecified atom stereocenters. The third kappa shape index (κ3) is 4.41. The molecule has 5 heteroatoms. The van der Waals surface area contributed by atoms with Crippen LogP contribution in [0, 0.1) is 6.92 Å². The van der Waals surface area contributed by atoms with E-state index in [2.05, 4.69) is 36.2 Å². The number of aromatic nitrogens is 3. The lowest BCUT2D eigenvalue weighted by molar-refractivity contribution is 0.0944. The average Bonchev–Trinajstić information content (AvgIpc) is 2.92. The van der Waals surface area contributed by atoms with Gasteiger partial charge in [0.1, 0.15) is 0 Å². The summed E-state index contributed by atoms with van der Waals surface area (Å²) in [5.41, 5.74) is 2.17. The lowest BCUT2D eigenvalue weighted by atomic mass is 9.88. The Morgan fingerprint density at radius 1 is 1.35 bits per heavy atom. The average molecular weight is 314 g/mol. The molecule has 0 aliphatic heterocycles. The maximum Gasteiger partial charge on any atom is 0.254 e. The van der Waals surface area contributed by atoms with E-state index >= 15 is 0 Å². The van der Waals surface area contributed by atoms with Crippen molar-refractivity contribution in [3.63, 3.8) is 0 Å². The fourth-order valence-electron chi connectivity index (χ4n) is 2.43. The molecule has 124 valence electrons. The van der Waals surface area contributed by atoms with Crippen LogP contribution in [0.15, 0.2) is 30.6 Å². The number of rotatable bonds is 7. The molecule has 23 heavy (non-hydrogen) atoms. The minimum atomic E-state index is -0.219. The van der Waals surface area contributed by atoms with Gasteiger partial charge in [0.2, 0.25) is 0 Å². The van der Waals surface area contributed by atoms with Gasteiger partial charge in [0.05, 0.1) is 11.3 Å². The minimum Gasteiger partial charge on any atom is -0.351 e. The minimum absolute atomic E-state index is 0.0748. The summed E-state index contributed by atoms with van der Waals surface area (Å²) in [6.45, 7) is 9.55. The van der Waals surface area contributed by atoms with Crippen molar-refractivity contribution in [2.75, 3.05) is 6.54 Å². The van der Waals surface area contributed by atoms with E-state index in [0.717, 1.165) is 30.8 Å². The van der Waals surface area contributed by atoms with E-state index < -0.39 is 0 Å². The summed E-state index contributed by atoms with van der Waals surface area (Å²) in [5.74, 6) is -0.0748. The molecule has 5 nitrogen and oxygen atoms in total. The molecule has 1 N–H and O–H groups in total. The van der Waals surface area contributed by atoms with Crippen LogP contribution >= 0.6 is 0 Å². The molecule has 0 radical (unpaired) electrons. The second kappa shape index (κ2) is 7.40. The highest BCUT2D eigenvalue weighted by atomic mass is 16.1. The number of nitrogens with one attached hydrogen (secondary N) is 1. The molecule has 0 spiro atoms. The molecule has 0 bridgehead atoms. The summed E-state index contributed by atoms with van der Waals surface area (Å²) >= 11 is 0. The van der Waals surface area contributed by atoms with Gasteiger partial charge in [0, 0.05) is 36.6 Å². The first-order valence-corrected chi connectivity index (χ1v) is 8.18. The predicted molar refractivity (Wildman–Crippen MR) is 91.5 cm³/mol. The van der Waals surface area contributed by atoms with E-state index in [1.807, 2.05) is 36.0 Å². The summed E-state index contributed by atoms with van der Waals surface area (Å²) < 4.78 is 1.86. The molecule has 2 aromatic heterocycles. The first-order chi connectivity index (χ1) is 10.9. The zero-order valence-electron chi connectivity index (χ0n) is 14.5. The van der Waals surface area contributed by atoms with Crippen LogP contribution < -0.4 is 5.32 Å². The van der Waals surface area contributed by atoms with E-state index in [1.165, 1.54) is 0 Å². The SMILES string of the molecule is CCCCn1cc(C(=O)NCC(C)(C)c2ccccn2)c(C)n1. The fraction of sp³-hybridized carbons (Fsp3) is 0.500. The summed E-state index contributed by atoms with van der Waals surface area (Å²) in [7, 11) is 0. The quantitative estimate of drug-likeness (QED) is 0.854. The number of hydrogen-bond acceptors (Lipinski definition) is 3. The van der Waals surface area contributed by atoms with Crippen LogP contribution in [0.1, 0.15) is 55.4 Å². The van der Waals surface area contributed by atoms with Gasteiger partial charge < -0.3 is 5.32 Å². The van der Waals surface area contributed by atoms with Crippen molar-refractivity contribution in [2.24, 2.45) is 0 Å². The summed E-state index contributed by atoms with van der Waals surface area (Å²) in [6, 6.07) is 5.85. The number of unbranched alkanes of at least 4 members (excludes halogenated alkanes) is 1. The number of pyridine rings is 1. The Kier molecular flexibility index (Phi) is 5.53. The van der Waals surface area contributed by atoms with Crippen molar-refractivity contribution in [3.05, 3.63) is 47.5 Å². The second-order valence-electron chi connectivity index (χ2n) is 6.53. The van der Waals surface area contributed by atoms with Gasteiger partial charge in [-0.25, -0.2) is 0 Å². The van der Waals surface area contributed by atoms with Gasteiger partial charge in [-0.15, -0.1) is 0 Å². The zero-order chi connectivity index (χ0) is 16.9. The van der Waals surface area contributed by atoms with Crippen molar-refractivity contribution in [2.45, 2.75) is 52.5 Å². The smallest absolute Gasteiger partial charge is 0.254 e. The first kappa shape index (κ1) is 17.2. The first-order valence-electron chi connectivity index (χ1n) is 8.18. The van der Waals surface area contributed by atoms with Crippen LogP contribution in [0.4, 0.5) is 0 Å². The van der Waals surface area contributed by atoms with E-state index in [4.69, 9.17) is 0 Å². The molecular formula is C18H26N4O. The fourth-order valence-corrected chi connectivity index (χ4v) is 2.43. The molecule has 0 saturated carbocycles. The lowest BCUT2D eigenvalue weighted by Gasteiger charge is -2.24. The van der Waals surface area contributed by atoms with Gasteiger partial charge in [0.25, 0.3) is 5.91 Å². The molecule has 0 fully saturated rings. The van der Waals surface area contributed by atoms with E-state index in [1.54, 1.807) is 6.20 Å². The Labute approximate surface area is 138 Å². The molecule has 0 saturated heterocycles. The van der Waals surface area contributed by atoms with Gasteiger partial charge in [-0.2, -0.15) is 5.10 Å². The van der Waals surface area contributed by atoms with Crippen molar-refractivity contribution in [1.82, 2.24) is 20.1 Å². The Hall–Kier alpha value is -2.17. The highest BCUT2D eigenvalue weighted by molar-refractivity contribution is 5.95. The molecule has 0 aliphatic carbocycles. The van der Waals surface area contributed by atoms with Crippen molar-refractivity contribution in [3.8, 4) is 0 Å². The van der Waals surface area contributed by atoms with Gasteiger partial charge >= 0.3 is 0 Å². The molecule has 0 atom stereocenters. The van der Waals surface area contributed by atoms with Gasteiger partial charge in [-0.3, -0.25) is 14.5 Å². The largest absolute Gasteiger partial charge is 0.351 e. The van der Waals surface area contributed by atoms with Crippen LogP contribution in [0.2, 0.25) is 0 Å². The Morgan fingerprint density at radius 3 is 2.78 bits per heavy atom. The molecular weight excluding hydrogens is 288 g/mol. The van der Waals surface area contributed by atoms with Crippen LogP contribution in [0.3, 0.4) is 0 Å². The van der Waals surface area contributed by atoms with Crippen molar-refractivity contribution < 1.29 is 4.79 Å². The predicted octanol–water partition coefficient (Wildman–Crippen LogP) is 3.09. The summed E-state index contributed by atoms with van der Waals surface area (Å²) in [4.78, 5) is 16.8. The van der Waals surface area contributed by atoms with E-state index in [9.17, 15) is 4.79 Å². The summed E-state index contributed by atoms with van der Waals surface area (Å²) in [6.07, 6.45) is 5.79. The maximum absolute atomic E-state index is 12.4. The van der Waals surface area contributed by atoms with E-state index in [0.29, 0.717) is 12.1 Å². The van der Waals surface area contributed by atoms with E-state index in [-0.39, 0.29) is 11.3 Å². The molecule has 0 aromatic carbocycles. The van der Waals surface area contributed by atoms with Crippen molar-refractivity contribution >= 4 is 5.91 Å². The van der Waals surface area contributed by atoms with Gasteiger partial charge in [0.15, 0.2) is 0 Å². The molecule has 2 rings (SSSR count). The van der Waals surface area contributed by atoms with Crippen molar-refractivity contribution in [1.29, 1.82) is 0 Å². The number of aryl methyl sites for hydroxylation is 2. The Morgan fingerprint density at radius 2 is 2.13 bits per heavy atom. The number of hydrogen-bond donors (Lipinski definition) is 1.